The van der Waals surface area contributed by atoms with Gasteiger partial charge in [0.1, 0.15) is 11.5 Å². The fraction of sp³-hybridized carbons (Fsp3) is 0. The maximum atomic E-state index is 12.1. The molecule has 3 aromatic rings. The quantitative estimate of drug-likeness (QED) is 0.643. The highest BCUT2D eigenvalue weighted by Crippen LogP contribution is 2.30. The average molecular weight is 288 g/mol. The second kappa shape index (κ2) is 4.58. The van der Waals surface area contributed by atoms with Gasteiger partial charge in [-0.3, -0.25) is 4.79 Å². The van der Waals surface area contributed by atoms with Crippen molar-refractivity contribution >= 4 is 22.5 Å². The Morgan fingerprint density at radius 3 is 2.55 bits per heavy atom. The van der Waals surface area contributed by atoms with Gasteiger partial charge in [0, 0.05) is 28.8 Å². The standard InChI is InChI=1S/C15H10ClNO3/c16-10-4-2-1-3-9(10)11-7-14(20)15-12(17-11)5-8(18)6-13(15)19/h1-7,18-19H,(H,17,20). The van der Waals surface area contributed by atoms with Crippen LogP contribution < -0.4 is 5.43 Å². The molecule has 0 aliphatic carbocycles. The average Bonchev–Trinajstić information content (AvgIpc) is 2.37. The number of hydrogen-bond donors (Lipinski definition) is 3. The molecule has 1 aromatic heterocycles. The largest absolute Gasteiger partial charge is 0.508 e. The van der Waals surface area contributed by atoms with Crippen LogP contribution in [0.5, 0.6) is 11.5 Å². The lowest BCUT2D eigenvalue weighted by molar-refractivity contribution is 0.455. The third-order valence-electron chi connectivity index (χ3n) is 3.06. The van der Waals surface area contributed by atoms with Crippen molar-refractivity contribution in [1.29, 1.82) is 0 Å². The van der Waals surface area contributed by atoms with Gasteiger partial charge < -0.3 is 15.2 Å². The Hall–Kier alpha value is -2.46. The number of pyridine rings is 1. The predicted molar refractivity (Wildman–Crippen MR) is 78.3 cm³/mol. The number of aromatic nitrogens is 1. The van der Waals surface area contributed by atoms with E-state index in [1.807, 2.05) is 6.07 Å². The number of phenols is 2. The number of aromatic amines is 1. The number of halogens is 1. The molecule has 0 bridgehead atoms. The zero-order chi connectivity index (χ0) is 14.3. The lowest BCUT2D eigenvalue weighted by Gasteiger charge is -2.07. The molecule has 0 saturated heterocycles. The third kappa shape index (κ3) is 2.00. The fourth-order valence-electron chi connectivity index (χ4n) is 2.18. The van der Waals surface area contributed by atoms with E-state index in [0.29, 0.717) is 21.8 Å². The molecule has 0 unspecified atom stereocenters. The van der Waals surface area contributed by atoms with Gasteiger partial charge in [-0.15, -0.1) is 0 Å². The molecule has 0 radical (unpaired) electrons. The van der Waals surface area contributed by atoms with Crippen LogP contribution in [0.15, 0.2) is 47.3 Å². The molecule has 20 heavy (non-hydrogen) atoms. The first-order chi connectivity index (χ1) is 9.56. The van der Waals surface area contributed by atoms with Crippen molar-refractivity contribution in [1.82, 2.24) is 4.98 Å². The van der Waals surface area contributed by atoms with Gasteiger partial charge in [0.25, 0.3) is 0 Å². The number of aromatic hydroxyl groups is 2. The monoisotopic (exact) mass is 287 g/mol. The molecule has 0 fully saturated rings. The summed E-state index contributed by atoms with van der Waals surface area (Å²) in [6, 6.07) is 11.0. The van der Waals surface area contributed by atoms with Crippen LogP contribution in [0, 0.1) is 0 Å². The van der Waals surface area contributed by atoms with Crippen molar-refractivity contribution in [3.8, 4) is 22.8 Å². The molecule has 0 amide bonds. The van der Waals surface area contributed by atoms with E-state index in [0.717, 1.165) is 6.07 Å². The highest BCUT2D eigenvalue weighted by Gasteiger charge is 2.11. The summed E-state index contributed by atoms with van der Waals surface area (Å²) < 4.78 is 0. The molecular formula is C15H10ClNO3. The van der Waals surface area contributed by atoms with Crippen molar-refractivity contribution in [2.75, 3.05) is 0 Å². The highest BCUT2D eigenvalue weighted by molar-refractivity contribution is 6.33. The number of fused-ring (bicyclic) bond motifs is 1. The van der Waals surface area contributed by atoms with Gasteiger partial charge in [0.2, 0.25) is 0 Å². The molecular weight excluding hydrogens is 278 g/mol. The lowest BCUT2D eigenvalue weighted by atomic mass is 10.1. The molecule has 100 valence electrons. The van der Waals surface area contributed by atoms with Crippen LogP contribution in [0.1, 0.15) is 0 Å². The molecule has 0 aliphatic rings. The molecule has 1 heterocycles. The van der Waals surface area contributed by atoms with Crippen LogP contribution in [0.4, 0.5) is 0 Å². The van der Waals surface area contributed by atoms with Crippen molar-refractivity contribution in [3.05, 3.63) is 57.7 Å². The van der Waals surface area contributed by atoms with Crippen LogP contribution >= 0.6 is 11.6 Å². The second-order valence-electron chi connectivity index (χ2n) is 4.41. The molecule has 2 aromatic carbocycles. The summed E-state index contributed by atoms with van der Waals surface area (Å²) >= 11 is 6.10. The molecule has 0 saturated carbocycles. The third-order valence-corrected chi connectivity index (χ3v) is 3.39. The van der Waals surface area contributed by atoms with Gasteiger partial charge >= 0.3 is 0 Å². The first kappa shape index (κ1) is 12.6. The van der Waals surface area contributed by atoms with Gasteiger partial charge in [-0.25, -0.2) is 0 Å². The molecule has 5 heteroatoms. The van der Waals surface area contributed by atoms with Gasteiger partial charge in [0.05, 0.1) is 16.6 Å². The molecule has 3 rings (SSSR count). The molecule has 3 N–H and O–H groups in total. The van der Waals surface area contributed by atoms with Gasteiger partial charge in [-0.1, -0.05) is 29.8 Å². The van der Waals surface area contributed by atoms with Crippen LogP contribution in [0.25, 0.3) is 22.2 Å². The maximum Gasteiger partial charge on any atom is 0.193 e. The minimum absolute atomic E-state index is 0.123. The lowest BCUT2D eigenvalue weighted by Crippen LogP contribution is -2.03. The van der Waals surface area contributed by atoms with E-state index in [9.17, 15) is 15.0 Å². The number of phenolic OH excluding ortho intramolecular Hbond substituents is 2. The number of H-pyrrole nitrogens is 1. The molecule has 0 atom stereocenters. The molecule has 4 nitrogen and oxygen atoms in total. The highest BCUT2D eigenvalue weighted by atomic mass is 35.5. The van der Waals surface area contributed by atoms with Crippen LogP contribution in [0.3, 0.4) is 0 Å². The van der Waals surface area contributed by atoms with Gasteiger partial charge in [0.15, 0.2) is 5.43 Å². The van der Waals surface area contributed by atoms with E-state index in [4.69, 9.17) is 11.6 Å². The van der Waals surface area contributed by atoms with E-state index >= 15 is 0 Å². The summed E-state index contributed by atoms with van der Waals surface area (Å²) in [7, 11) is 0. The minimum atomic E-state index is -0.342. The zero-order valence-corrected chi connectivity index (χ0v) is 11.0. The predicted octanol–water partition coefficient (Wildman–Crippen LogP) is 3.26. The number of nitrogens with one attached hydrogen (secondary N) is 1. The number of hydrogen-bond acceptors (Lipinski definition) is 3. The SMILES string of the molecule is O=c1cc(-c2ccccc2Cl)[nH]c2cc(O)cc(O)c12. The topological polar surface area (TPSA) is 73.3 Å². The normalized spacial score (nSPS) is 10.8. The van der Waals surface area contributed by atoms with Crippen molar-refractivity contribution < 1.29 is 10.2 Å². The van der Waals surface area contributed by atoms with Crippen molar-refractivity contribution in [3.63, 3.8) is 0 Å². The Morgan fingerprint density at radius 2 is 1.80 bits per heavy atom. The van der Waals surface area contributed by atoms with Gasteiger partial charge in [-0.05, 0) is 6.07 Å². The molecule has 0 spiro atoms. The maximum absolute atomic E-state index is 12.1. The van der Waals surface area contributed by atoms with E-state index < -0.39 is 0 Å². The Balaban J connectivity index is 2.36. The van der Waals surface area contributed by atoms with Crippen LogP contribution in [-0.4, -0.2) is 15.2 Å². The first-order valence-corrected chi connectivity index (χ1v) is 6.28. The second-order valence-corrected chi connectivity index (χ2v) is 4.82. The summed E-state index contributed by atoms with van der Waals surface area (Å²) in [4.78, 5) is 15.1. The number of rotatable bonds is 1. The van der Waals surface area contributed by atoms with E-state index in [-0.39, 0.29) is 22.3 Å². The van der Waals surface area contributed by atoms with E-state index in [2.05, 4.69) is 4.98 Å². The zero-order valence-electron chi connectivity index (χ0n) is 10.2. The summed E-state index contributed by atoms with van der Waals surface area (Å²) in [5.41, 5.74) is 1.21. The summed E-state index contributed by atoms with van der Waals surface area (Å²) in [5, 5.41) is 19.9. The summed E-state index contributed by atoms with van der Waals surface area (Å²) in [5.74, 6) is -0.381. The molecule has 0 aliphatic heterocycles. The number of benzene rings is 2. The summed E-state index contributed by atoms with van der Waals surface area (Å²) in [6.07, 6.45) is 0. The van der Waals surface area contributed by atoms with Crippen molar-refractivity contribution in [2.45, 2.75) is 0 Å². The Labute approximate surface area is 118 Å². The Morgan fingerprint density at radius 1 is 1.05 bits per heavy atom. The first-order valence-electron chi connectivity index (χ1n) is 5.90. The fourth-order valence-corrected chi connectivity index (χ4v) is 2.42. The van der Waals surface area contributed by atoms with Crippen LogP contribution in [-0.2, 0) is 0 Å². The van der Waals surface area contributed by atoms with E-state index in [1.165, 1.54) is 12.1 Å². The van der Waals surface area contributed by atoms with Crippen molar-refractivity contribution in [2.24, 2.45) is 0 Å². The van der Waals surface area contributed by atoms with E-state index in [1.54, 1.807) is 18.2 Å². The Kier molecular flexibility index (Phi) is 2.88. The smallest absolute Gasteiger partial charge is 0.193 e. The minimum Gasteiger partial charge on any atom is -0.508 e. The summed E-state index contributed by atoms with van der Waals surface area (Å²) in [6.45, 7) is 0. The van der Waals surface area contributed by atoms with Gasteiger partial charge in [-0.2, -0.15) is 0 Å². The van der Waals surface area contributed by atoms with Crippen LogP contribution in [0.2, 0.25) is 5.02 Å². The Bertz CT molecular complexity index is 871.